The van der Waals surface area contributed by atoms with E-state index in [0.29, 0.717) is 11.6 Å². The molecular formula is C8H8O2. The average Bonchev–Trinajstić information content (AvgIpc) is 2.77. The molecule has 0 saturated heterocycles. The lowest BCUT2D eigenvalue weighted by Crippen LogP contribution is -2.19. The number of fused-ring (bicyclic) bond motifs is 2. The molecule has 10 heavy (non-hydrogen) atoms. The van der Waals surface area contributed by atoms with Gasteiger partial charge in [0, 0.05) is 23.7 Å². The minimum atomic E-state index is 0.177. The maximum atomic E-state index is 11.2. The summed E-state index contributed by atoms with van der Waals surface area (Å²) in [6, 6.07) is 0. The van der Waals surface area contributed by atoms with Crippen molar-refractivity contribution in [2.24, 2.45) is 23.7 Å². The van der Waals surface area contributed by atoms with E-state index in [0.717, 1.165) is 12.8 Å². The molecule has 0 N–H and O–H groups in total. The lowest BCUT2D eigenvalue weighted by atomic mass is 9.98. The van der Waals surface area contributed by atoms with Gasteiger partial charge in [0.05, 0.1) is 0 Å². The molecule has 0 unspecified atom stereocenters. The maximum Gasteiger partial charge on any atom is 0.140 e. The zero-order valence-corrected chi connectivity index (χ0v) is 5.54. The van der Waals surface area contributed by atoms with Gasteiger partial charge in [-0.2, -0.15) is 0 Å². The minimum Gasteiger partial charge on any atom is -0.299 e. The molecule has 0 aromatic carbocycles. The molecule has 0 amide bonds. The first-order valence-corrected chi connectivity index (χ1v) is 3.86. The average molecular weight is 136 g/mol. The van der Waals surface area contributed by atoms with Gasteiger partial charge >= 0.3 is 0 Å². The fourth-order valence-corrected chi connectivity index (χ4v) is 2.20. The van der Waals surface area contributed by atoms with E-state index in [1.165, 1.54) is 0 Å². The van der Waals surface area contributed by atoms with Crippen molar-refractivity contribution in [3.05, 3.63) is 0 Å². The van der Waals surface area contributed by atoms with Gasteiger partial charge in [-0.05, 0) is 12.8 Å². The summed E-state index contributed by atoms with van der Waals surface area (Å²) >= 11 is 0. The van der Waals surface area contributed by atoms with E-state index >= 15 is 0 Å². The van der Waals surface area contributed by atoms with Gasteiger partial charge in [0.2, 0.25) is 0 Å². The molecule has 3 rings (SSSR count). The Morgan fingerprint density at radius 3 is 1.40 bits per heavy atom. The molecule has 3 aliphatic carbocycles. The largest absolute Gasteiger partial charge is 0.299 e. The van der Waals surface area contributed by atoms with Crippen LogP contribution in [0.4, 0.5) is 0 Å². The molecule has 4 atom stereocenters. The second-order valence-electron chi connectivity index (χ2n) is 3.70. The monoisotopic (exact) mass is 136 g/mol. The topological polar surface area (TPSA) is 34.1 Å². The van der Waals surface area contributed by atoms with Crippen LogP contribution in [0.5, 0.6) is 0 Å². The number of hydrogen-bond acceptors (Lipinski definition) is 2. The molecule has 2 nitrogen and oxygen atoms in total. The predicted octanol–water partition coefficient (Wildman–Crippen LogP) is 0.410. The highest BCUT2D eigenvalue weighted by Crippen LogP contribution is 2.58. The van der Waals surface area contributed by atoms with Crippen LogP contribution in [0.2, 0.25) is 0 Å². The third-order valence-corrected chi connectivity index (χ3v) is 3.04. The zero-order valence-electron chi connectivity index (χ0n) is 5.54. The first kappa shape index (κ1) is 5.05. The molecule has 0 aromatic heterocycles. The van der Waals surface area contributed by atoms with Crippen LogP contribution >= 0.6 is 0 Å². The second kappa shape index (κ2) is 1.20. The van der Waals surface area contributed by atoms with Crippen LogP contribution in [-0.4, -0.2) is 11.6 Å². The minimum absolute atomic E-state index is 0.177. The van der Waals surface area contributed by atoms with Crippen LogP contribution in [0.25, 0.3) is 0 Å². The van der Waals surface area contributed by atoms with Crippen LogP contribution in [0.1, 0.15) is 12.8 Å². The Bertz CT molecular complexity index is 198. The van der Waals surface area contributed by atoms with Gasteiger partial charge in [0.15, 0.2) is 0 Å². The normalized spacial score (nSPS) is 55.6. The summed E-state index contributed by atoms with van der Waals surface area (Å²) in [7, 11) is 0. The van der Waals surface area contributed by atoms with E-state index in [9.17, 15) is 9.59 Å². The number of carbonyl (C=O) groups is 2. The molecular weight excluding hydrogens is 128 g/mol. The number of hydrogen-bond donors (Lipinski definition) is 0. The first-order valence-electron chi connectivity index (χ1n) is 3.86. The fraction of sp³-hybridized carbons (Fsp3) is 0.750. The molecule has 0 radical (unpaired) electrons. The molecule has 3 aliphatic rings. The number of rotatable bonds is 0. The van der Waals surface area contributed by atoms with Crippen molar-refractivity contribution >= 4 is 11.6 Å². The highest BCUT2D eigenvalue weighted by molar-refractivity contribution is 6.06. The van der Waals surface area contributed by atoms with Crippen molar-refractivity contribution in [2.45, 2.75) is 12.8 Å². The lowest BCUT2D eigenvalue weighted by molar-refractivity contribution is -0.130. The Morgan fingerprint density at radius 1 is 0.800 bits per heavy atom. The number of ketones is 2. The number of Topliss-reactive ketones (excluding diaryl/α,β-unsaturated/α-hetero) is 2. The summed E-state index contributed by atoms with van der Waals surface area (Å²) in [4.78, 5) is 22.4. The van der Waals surface area contributed by atoms with Crippen LogP contribution in [-0.2, 0) is 9.59 Å². The Labute approximate surface area is 58.6 Å². The van der Waals surface area contributed by atoms with Crippen LogP contribution in [0, 0.1) is 23.7 Å². The van der Waals surface area contributed by atoms with E-state index < -0.39 is 0 Å². The quantitative estimate of drug-likeness (QED) is 0.483. The van der Waals surface area contributed by atoms with E-state index in [4.69, 9.17) is 0 Å². The standard InChI is InChI=1S/C8H8O2/c9-7-3-1-4(3)8(10)6-2-5(6)7/h3-6H,1-2H2/t3-,4-,5-,6+/m0/s1. The van der Waals surface area contributed by atoms with Gasteiger partial charge in [-0.15, -0.1) is 0 Å². The molecule has 2 heteroatoms. The molecule has 0 heterocycles. The zero-order chi connectivity index (χ0) is 6.88. The van der Waals surface area contributed by atoms with Gasteiger partial charge in [-0.25, -0.2) is 0 Å². The van der Waals surface area contributed by atoms with Gasteiger partial charge in [0.25, 0.3) is 0 Å². The van der Waals surface area contributed by atoms with Crippen molar-refractivity contribution in [3.63, 3.8) is 0 Å². The Balaban J connectivity index is 2.01. The van der Waals surface area contributed by atoms with Gasteiger partial charge in [-0.3, -0.25) is 9.59 Å². The van der Waals surface area contributed by atoms with E-state index in [1.54, 1.807) is 0 Å². The Kier molecular flexibility index (Phi) is 0.607. The van der Waals surface area contributed by atoms with Gasteiger partial charge in [-0.1, -0.05) is 0 Å². The highest BCUT2D eigenvalue weighted by Gasteiger charge is 2.64. The molecule has 0 bridgehead atoms. The molecule has 3 fully saturated rings. The summed E-state index contributed by atoms with van der Waals surface area (Å²) in [6.45, 7) is 0. The highest BCUT2D eigenvalue weighted by atomic mass is 16.1. The molecule has 3 saturated carbocycles. The van der Waals surface area contributed by atoms with Crippen LogP contribution in [0.15, 0.2) is 0 Å². The Hall–Kier alpha value is -0.660. The van der Waals surface area contributed by atoms with Crippen molar-refractivity contribution in [1.82, 2.24) is 0 Å². The third kappa shape index (κ3) is 0.395. The SMILES string of the molecule is O=C1[C@H]2C[C@@H]2C(=O)[C@@H]2C[C@H]12. The molecule has 0 aromatic rings. The number of carbonyl (C=O) groups excluding carboxylic acids is 2. The first-order chi connectivity index (χ1) is 4.79. The smallest absolute Gasteiger partial charge is 0.140 e. The molecule has 0 spiro atoms. The summed E-state index contributed by atoms with van der Waals surface area (Å²) in [5.41, 5.74) is 0. The van der Waals surface area contributed by atoms with E-state index in [1.807, 2.05) is 0 Å². The third-order valence-electron chi connectivity index (χ3n) is 3.04. The van der Waals surface area contributed by atoms with Crippen molar-refractivity contribution in [1.29, 1.82) is 0 Å². The van der Waals surface area contributed by atoms with Crippen LogP contribution < -0.4 is 0 Å². The van der Waals surface area contributed by atoms with Crippen molar-refractivity contribution < 1.29 is 9.59 Å². The molecule has 52 valence electrons. The molecule has 0 aliphatic heterocycles. The Morgan fingerprint density at radius 2 is 1.10 bits per heavy atom. The summed E-state index contributed by atoms with van der Waals surface area (Å²) in [5, 5.41) is 0. The van der Waals surface area contributed by atoms with Crippen molar-refractivity contribution in [2.75, 3.05) is 0 Å². The van der Waals surface area contributed by atoms with Crippen molar-refractivity contribution in [3.8, 4) is 0 Å². The lowest BCUT2D eigenvalue weighted by Gasteiger charge is -2.03. The van der Waals surface area contributed by atoms with Gasteiger partial charge in [0.1, 0.15) is 11.6 Å². The van der Waals surface area contributed by atoms with E-state index in [2.05, 4.69) is 0 Å². The van der Waals surface area contributed by atoms with Gasteiger partial charge < -0.3 is 0 Å². The predicted molar refractivity (Wildman–Crippen MR) is 33.2 cm³/mol. The fourth-order valence-electron chi connectivity index (χ4n) is 2.20. The maximum absolute atomic E-state index is 11.2. The summed E-state index contributed by atoms with van der Waals surface area (Å²) in [6.07, 6.45) is 1.76. The summed E-state index contributed by atoms with van der Waals surface area (Å²) in [5.74, 6) is 1.50. The van der Waals surface area contributed by atoms with E-state index in [-0.39, 0.29) is 23.7 Å². The van der Waals surface area contributed by atoms with Crippen LogP contribution in [0.3, 0.4) is 0 Å². The second-order valence-corrected chi connectivity index (χ2v) is 3.70. The summed E-state index contributed by atoms with van der Waals surface area (Å²) < 4.78 is 0.